The molecule has 0 fully saturated rings. The Morgan fingerprint density at radius 1 is 1.20 bits per heavy atom. The van der Waals surface area contributed by atoms with Gasteiger partial charge in [0.1, 0.15) is 0 Å². The molecule has 6 nitrogen and oxygen atoms in total. The van der Waals surface area contributed by atoms with Gasteiger partial charge in [-0.05, 0) is 23.6 Å². The largest absolute Gasteiger partial charge is 0.417 e. The number of nitrogens with zero attached hydrogens (tertiary/aromatic N) is 5. The van der Waals surface area contributed by atoms with Crippen molar-refractivity contribution in [3.8, 4) is 10.8 Å². The van der Waals surface area contributed by atoms with Crippen molar-refractivity contribution >= 4 is 28.7 Å². The third-order valence-corrected chi connectivity index (χ3v) is 5.03. The molecule has 4 aromatic rings. The van der Waals surface area contributed by atoms with Gasteiger partial charge in [0.15, 0.2) is 16.6 Å². The van der Waals surface area contributed by atoms with E-state index >= 15 is 0 Å². The summed E-state index contributed by atoms with van der Waals surface area (Å²) in [6, 6.07) is 5.99. The standard InChI is InChI=1S/C14H8F3N5OS2/c15-14(16,17)8-3-4-11-19-20-13(22(11)6-8)25-7-10-18-12(23-21-10)9-2-1-5-24-9/h1-6H,7H2. The first-order valence-electron chi connectivity index (χ1n) is 6.92. The number of thiophene rings is 1. The monoisotopic (exact) mass is 383 g/mol. The summed E-state index contributed by atoms with van der Waals surface area (Å²) in [6.45, 7) is 0. The summed E-state index contributed by atoms with van der Waals surface area (Å²) in [5, 5.41) is 13.9. The minimum Gasteiger partial charge on any atom is -0.333 e. The Labute approximate surface area is 146 Å². The van der Waals surface area contributed by atoms with Gasteiger partial charge in [-0.1, -0.05) is 23.0 Å². The van der Waals surface area contributed by atoms with Crippen LogP contribution in [0.25, 0.3) is 16.4 Å². The van der Waals surface area contributed by atoms with E-state index in [2.05, 4.69) is 20.3 Å². The molecule has 11 heteroatoms. The fraction of sp³-hybridized carbons (Fsp3) is 0.143. The molecule has 25 heavy (non-hydrogen) atoms. The molecule has 0 bridgehead atoms. The van der Waals surface area contributed by atoms with Crippen LogP contribution in [-0.4, -0.2) is 24.7 Å². The molecule has 0 N–H and O–H groups in total. The smallest absolute Gasteiger partial charge is 0.333 e. The van der Waals surface area contributed by atoms with Crippen LogP contribution in [0, 0.1) is 0 Å². The molecule has 0 aliphatic rings. The maximum Gasteiger partial charge on any atom is 0.417 e. The predicted octanol–water partition coefficient (Wildman–Crippen LogP) is 4.15. The van der Waals surface area contributed by atoms with Gasteiger partial charge in [-0.3, -0.25) is 4.40 Å². The van der Waals surface area contributed by atoms with Gasteiger partial charge in [0, 0.05) is 6.20 Å². The molecule has 4 heterocycles. The molecule has 128 valence electrons. The number of rotatable bonds is 4. The molecule has 0 radical (unpaired) electrons. The minimum atomic E-state index is -4.43. The highest BCUT2D eigenvalue weighted by molar-refractivity contribution is 7.98. The Kier molecular flexibility index (Phi) is 3.96. The SMILES string of the molecule is FC(F)(F)c1ccc2nnc(SCc3noc(-c4cccs4)n3)n2c1. The van der Waals surface area contributed by atoms with Crippen LogP contribution in [0.15, 0.2) is 45.5 Å². The molecule has 0 saturated heterocycles. The number of pyridine rings is 1. The zero-order chi connectivity index (χ0) is 17.4. The van der Waals surface area contributed by atoms with E-state index in [-0.39, 0.29) is 0 Å². The minimum absolute atomic E-state index is 0.298. The van der Waals surface area contributed by atoms with E-state index in [1.807, 2.05) is 17.5 Å². The zero-order valence-corrected chi connectivity index (χ0v) is 13.9. The highest BCUT2D eigenvalue weighted by atomic mass is 32.2. The fourth-order valence-electron chi connectivity index (χ4n) is 2.08. The number of thioether (sulfide) groups is 1. The molecule has 0 unspecified atom stereocenters. The quantitative estimate of drug-likeness (QED) is 0.493. The summed E-state index contributed by atoms with van der Waals surface area (Å²) in [6.07, 6.45) is -3.45. The Bertz CT molecular complexity index is 1010. The summed E-state index contributed by atoms with van der Waals surface area (Å²) in [4.78, 5) is 5.12. The topological polar surface area (TPSA) is 69.1 Å². The molecule has 0 aromatic carbocycles. The highest BCUT2D eigenvalue weighted by Gasteiger charge is 2.31. The molecule has 0 atom stereocenters. The second kappa shape index (κ2) is 6.15. The lowest BCUT2D eigenvalue weighted by Gasteiger charge is -2.06. The van der Waals surface area contributed by atoms with Crippen molar-refractivity contribution in [2.75, 3.05) is 0 Å². The number of hydrogen-bond donors (Lipinski definition) is 0. The van der Waals surface area contributed by atoms with E-state index in [0.29, 0.717) is 28.3 Å². The number of alkyl halides is 3. The van der Waals surface area contributed by atoms with E-state index in [0.717, 1.165) is 17.1 Å². The second-order valence-electron chi connectivity index (χ2n) is 4.91. The molecule has 4 rings (SSSR count). The van der Waals surface area contributed by atoms with Crippen LogP contribution in [0.3, 0.4) is 0 Å². The lowest BCUT2D eigenvalue weighted by molar-refractivity contribution is -0.137. The normalized spacial score (nSPS) is 12.1. The van der Waals surface area contributed by atoms with Gasteiger partial charge in [0.2, 0.25) is 0 Å². The predicted molar refractivity (Wildman–Crippen MR) is 85.2 cm³/mol. The number of hydrogen-bond acceptors (Lipinski definition) is 7. The van der Waals surface area contributed by atoms with Crippen LogP contribution in [0.2, 0.25) is 0 Å². The maximum absolute atomic E-state index is 12.8. The van der Waals surface area contributed by atoms with Crippen molar-refractivity contribution in [2.45, 2.75) is 17.1 Å². The highest BCUT2D eigenvalue weighted by Crippen LogP contribution is 2.30. The van der Waals surface area contributed by atoms with Crippen LogP contribution >= 0.6 is 23.1 Å². The van der Waals surface area contributed by atoms with Crippen molar-refractivity contribution in [2.24, 2.45) is 0 Å². The van der Waals surface area contributed by atoms with Gasteiger partial charge in [-0.25, -0.2) is 0 Å². The van der Waals surface area contributed by atoms with Crippen molar-refractivity contribution < 1.29 is 17.7 Å². The summed E-state index contributed by atoms with van der Waals surface area (Å²) in [7, 11) is 0. The Balaban J connectivity index is 1.55. The first-order valence-corrected chi connectivity index (χ1v) is 8.78. The van der Waals surface area contributed by atoms with Crippen LogP contribution in [0.1, 0.15) is 11.4 Å². The maximum atomic E-state index is 12.8. The third-order valence-electron chi connectivity index (χ3n) is 3.23. The van der Waals surface area contributed by atoms with Crippen molar-refractivity contribution in [3.05, 3.63) is 47.2 Å². The summed E-state index contributed by atoms with van der Waals surface area (Å²) < 4.78 is 45.0. The van der Waals surface area contributed by atoms with Crippen molar-refractivity contribution in [1.82, 2.24) is 24.7 Å². The molecule has 0 aliphatic heterocycles. The van der Waals surface area contributed by atoms with Crippen molar-refractivity contribution in [1.29, 1.82) is 0 Å². The van der Waals surface area contributed by atoms with Crippen LogP contribution in [0.4, 0.5) is 13.2 Å². The molecule has 4 aromatic heterocycles. The van der Waals surface area contributed by atoms with E-state index in [1.54, 1.807) is 0 Å². The molecular formula is C14H8F3N5OS2. The van der Waals surface area contributed by atoms with Gasteiger partial charge in [0.05, 0.1) is 16.2 Å². The van der Waals surface area contributed by atoms with E-state index in [4.69, 9.17) is 4.52 Å². The first kappa shape index (κ1) is 16.1. The lowest BCUT2D eigenvalue weighted by atomic mass is 10.3. The van der Waals surface area contributed by atoms with Crippen LogP contribution in [0.5, 0.6) is 0 Å². The van der Waals surface area contributed by atoms with Gasteiger partial charge < -0.3 is 4.52 Å². The lowest BCUT2D eigenvalue weighted by Crippen LogP contribution is -2.06. The zero-order valence-electron chi connectivity index (χ0n) is 12.3. The average Bonchev–Trinajstić information content (AvgIpc) is 3.31. The molecule has 0 amide bonds. The van der Waals surface area contributed by atoms with Crippen molar-refractivity contribution in [3.63, 3.8) is 0 Å². The van der Waals surface area contributed by atoms with Crippen LogP contribution in [-0.2, 0) is 11.9 Å². The summed E-state index contributed by atoms with van der Waals surface area (Å²) in [5.74, 6) is 1.14. The van der Waals surface area contributed by atoms with Crippen LogP contribution < -0.4 is 0 Å². The first-order chi connectivity index (χ1) is 12.0. The van der Waals surface area contributed by atoms with Gasteiger partial charge in [0.25, 0.3) is 5.89 Å². The average molecular weight is 383 g/mol. The Morgan fingerprint density at radius 2 is 2.08 bits per heavy atom. The van der Waals surface area contributed by atoms with E-state index in [1.165, 1.54) is 33.6 Å². The van der Waals surface area contributed by atoms with Gasteiger partial charge >= 0.3 is 6.18 Å². The fourth-order valence-corrected chi connectivity index (χ4v) is 3.48. The van der Waals surface area contributed by atoms with Gasteiger partial charge in [-0.2, -0.15) is 18.2 Å². The van der Waals surface area contributed by atoms with E-state index in [9.17, 15) is 13.2 Å². The molecule has 0 spiro atoms. The summed E-state index contributed by atoms with van der Waals surface area (Å²) >= 11 is 2.65. The molecule has 0 saturated carbocycles. The Morgan fingerprint density at radius 3 is 2.84 bits per heavy atom. The Hall–Kier alpha value is -2.40. The number of halogens is 3. The van der Waals surface area contributed by atoms with E-state index < -0.39 is 11.7 Å². The number of fused-ring (bicyclic) bond motifs is 1. The number of aromatic nitrogens is 5. The molecular weight excluding hydrogens is 375 g/mol. The summed E-state index contributed by atoms with van der Waals surface area (Å²) in [5.41, 5.74) is -0.427. The third kappa shape index (κ3) is 3.24. The second-order valence-corrected chi connectivity index (χ2v) is 6.80. The molecule has 0 aliphatic carbocycles. The van der Waals surface area contributed by atoms with Gasteiger partial charge in [-0.15, -0.1) is 21.5 Å².